The lowest BCUT2D eigenvalue weighted by molar-refractivity contribution is 0.125. The largest absolute Gasteiger partial charge is 0.326 e. The minimum Gasteiger partial charge on any atom is -0.326 e. The summed E-state index contributed by atoms with van der Waals surface area (Å²) in [5.74, 6) is 0.784. The molecule has 0 saturated carbocycles. The van der Waals surface area contributed by atoms with Gasteiger partial charge in [0.25, 0.3) is 0 Å². The first-order valence-corrected chi connectivity index (χ1v) is 10.3. The summed E-state index contributed by atoms with van der Waals surface area (Å²) in [4.78, 5) is 2.55. The standard InChI is InChI=1S/C22H28Cl2N2/c1-16(22(25)15-19-7-8-20(23)21(24)14-19)26-11-9-18(10-12-26)13-17-5-3-2-4-6-17/h2-8,14,16,18,22H,9-13,15,25H2,1H3. The highest BCUT2D eigenvalue weighted by atomic mass is 35.5. The summed E-state index contributed by atoms with van der Waals surface area (Å²) in [6, 6.07) is 17.1. The first-order valence-electron chi connectivity index (χ1n) is 9.50. The maximum absolute atomic E-state index is 6.51. The molecular weight excluding hydrogens is 363 g/mol. The molecule has 0 spiro atoms. The van der Waals surface area contributed by atoms with E-state index >= 15 is 0 Å². The Morgan fingerprint density at radius 1 is 1.00 bits per heavy atom. The molecule has 1 heterocycles. The average Bonchev–Trinajstić information content (AvgIpc) is 2.65. The summed E-state index contributed by atoms with van der Waals surface area (Å²) >= 11 is 12.1. The van der Waals surface area contributed by atoms with E-state index in [4.69, 9.17) is 28.9 Å². The molecule has 0 aliphatic carbocycles. The van der Waals surface area contributed by atoms with Crippen molar-refractivity contribution in [1.82, 2.24) is 4.90 Å². The molecule has 0 amide bonds. The minimum absolute atomic E-state index is 0.0953. The molecule has 1 aliphatic heterocycles. The van der Waals surface area contributed by atoms with Gasteiger partial charge in [-0.2, -0.15) is 0 Å². The molecule has 4 heteroatoms. The van der Waals surface area contributed by atoms with Crippen molar-refractivity contribution < 1.29 is 0 Å². The van der Waals surface area contributed by atoms with Crippen molar-refractivity contribution in [2.24, 2.45) is 11.7 Å². The molecule has 2 unspecified atom stereocenters. The van der Waals surface area contributed by atoms with Crippen molar-refractivity contribution in [3.05, 3.63) is 69.7 Å². The number of hydrogen-bond donors (Lipinski definition) is 1. The van der Waals surface area contributed by atoms with Crippen molar-refractivity contribution in [2.75, 3.05) is 13.1 Å². The SMILES string of the molecule is CC(C(N)Cc1ccc(Cl)c(Cl)c1)N1CCC(Cc2ccccc2)CC1. The summed E-state index contributed by atoms with van der Waals surface area (Å²) in [6.45, 7) is 4.52. The number of benzene rings is 2. The van der Waals surface area contributed by atoms with Crippen LogP contribution in [0.4, 0.5) is 0 Å². The quantitative estimate of drug-likeness (QED) is 0.733. The molecule has 0 radical (unpaired) electrons. The second-order valence-corrected chi connectivity index (χ2v) is 8.34. The van der Waals surface area contributed by atoms with Gasteiger partial charge >= 0.3 is 0 Å². The number of piperidine rings is 1. The number of likely N-dealkylation sites (tertiary alicyclic amines) is 1. The topological polar surface area (TPSA) is 29.3 Å². The number of nitrogens with two attached hydrogens (primary N) is 1. The molecule has 1 fully saturated rings. The van der Waals surface area contributed by atoms with Gasteiger partial charge in [0.1, 0.15) is 0 Å². The highest BCUT2D eigenvalue weighted by molar-refractivity contribution is 6.42. The van der Waals surface area contributed by atoms with Crippen LogP contribution in [0.3, 0.4) is 0 Å². The number of nitrogens with zero attached hydrogens (tertiary/aromatic N) is 1. The van der Waals surface area contributed by atoms with Crippen LogP contribution in [0.2, 0.25) is 10.0 Å². The Kier molecular flexibility index (Phi) is 6.99. The fourth-order valence-corrected chi connectivity index (χ4v) is 4.21. The Labute approximate surface area is 167 Å². The average molecular weight is 391 g/mol. The first kappa shape index (κ1) is 19.7. The van der Waals surface area contributed by atoms with Crippen LogP contribution >= 0.6 is 23.2 Å². The highest BCUT2D eigenvalue weighted by Crippen LogP contribution is 2.26. The molecule has 2 aromatic carbocycles. The molecule has 2 aromatic rings. The zero-order valence-corrected chi connectivity index (χ0v) is 16.9. The van der Waals surface area contributed by atoms with Crippen LogP contribution in [-0.2, 0) is 12.8 Å². The van der Waals surface area contributed by atoms with Crippen molar-refractivity contribution in [2.45, 2.75) is 44.7 Å². The van der Waals surface area contributed by atoms with Gasteiger partial charge in [0.15, 0.2) is 0 Å². The van der Waals surface area contributed by atoms with E-state index < -0.39 is 0 Å². The van der Waals surface area contributed by atoms with Gasteiger partial charge in [0.2, 0.25) is 0 Å². The van der Waals surface area contributed by atoms with Gasteiger partial charge < -0.3 is 5.73 Å². The zero-order chi connectivity index (χ0) is 18.5. The van der Waals surface area contributed by atoms with Crippen molar-refractivity contribution in [1.29, 1.82) is 0 Å². The van der Waals surface area contributed by atoms with E-state index in [1.54, 1.807) is 0 Å². The third-order valence-electron chi connectivity index (χ3n) is 5.67. The summed E-state index contributed by atoms with van der Waals surface area (Å²) in [5.41, 5.74) is 9.11. The van der Waals surface area contributed by atoms with Crippen molar-refractivity contribution >= 4 is 23.2 Å². The smallest absolute Gasteiger partial charge is 0.0595 e. The van der Waals surface area contributed by atoms with Crippen LogP contribution in [-0.4, -0.2) is 30.1 Å². The third-order valence-corrected chi connectivity index (χ3v) is 6.41. The lowest BCUT2D eigenvalue weighted by Gasteiger charge is -2.38. The van der Waals surface area contributed by atoms with Crippen molar-refractivity contribution in [3.8, 4) is 0 Å². The molecule has 3 rings (SSSR count). The van der Waals surface area contributed by atoms with Crippen LogP contribution < -0.4 is 5.73 Å². The summed E-state index contributed by atoms with van der Waals surface area (Å²) in [5, 5.41) is 1.20. The molecule has 0 bridgehead atoms. The Morgan fingerprint density at radius 3 is 2.35 bits per heavy atom. The first-order chi connectivity index (χ1) is 12.5. The van der Waals surface area contributed by atoms with Gasteiger partial charge in [-0.3, -0.25) is 4.90 Å². The van der Waals surface area contributed by atoms with E-state index in [-0.39, 0.29) is 6.04 Å². The molecule has 0 aromatic heterocycles. The van der Waals surface area contributed by atoms with Gasteiger partial charge in [-0.05, 0) is 74.9 Å². The monoisotopic (exact) mass is 390 g/mol. The van der Waals surface area contributed by atoms with E-state index in [0.29, 0.717) is 16.1 Å². The summed E-state index contributed by atoms with van der Waals surface area (Å²) in [6.07, 6.45) is 4.51. The Hall–Kier alpha value is -1.06. The number of rotatable bonds is 6. The van der Waals surface area contributed by atoms with Gasteiger partial charge in [-0.1, -0.05) is 59.6 Å². The van der Waals surface area contributed by atoms with E-state index in [2.05, 4.69) is 42.2 Å². The Balaban J connectivity index is 1.49. The fourth-order valence-electron chi connectivity index (χ4n) is 3.89. The predicted octanol–water partition coefficient (Wildman–Crippen LogP) is 5.21. The lowest BCUT2D eigenvalue weighted by Crippen LogP contribution is -2.50. The number of halogens is 2. The van der Waals surface area contributed by atoms with Gasteiger partial charge in [0, 0.05) is 12.1 Å². The van der Waals surface area contributed by atoms with Crippen LogP contribution in [0.5, 0.6) is 0 Å². The number of hydrogen-bond acceptors (Lipinski definition) is 2. The summed E-state index contributed by atoms with van der Waals surface area (Å²) in [7, 11) is 0. The van der Waals surface area contributed by atoms with E-state index in [0.717, 1.165) is 31.0 Å². The van der Waals surface area contributed by atoms with Crippen LogP contribution in [0.15, 0.2) is 48.5 Å². The minimum atomic E-state index is 0.0953. The second-order valence-electron chi connectivity index (χ2n) is 7.53. The fraction of sp³-hybridized carbons (Fsp3) is 0.455. The van der Waals surface area contributed by atoms with E-state index in [1.165, 1.54) is 24.8 Å². The normalized spacial score (nSPS) is 18.6. The van der Waals surface area contributed by atoms with E-state index in [1.807, 2.05) is 18.2 Å². The van der Waals surface area contributed by atoms with Crippen LogP contribution in [0.1, 0.15) is 30.9 Å². The van der Waals surface area contributed by atoms with Crippen LogP contribution in [0, 0.1) is 5.92 Å². The summed E-state index contributed by atoms with van der Waals surface area (Å²) < 4.78 is 0. The maximum Gasteiger partial charge on any atom is 0.0595 e. The molecule has 2 atom stereocenters. The lowest BCUT2D eigenvalue weighted by atomic mass is 9.89. The third kappa shape index (κ3) is 5.23. The Bertz CT molecular complexity index is 697. The Morgan fingerprint density at radius 2 is 1.69 bits per heavy atom. The molecule has 140 valence electrons. The molecule has 1 saturated heterocycles. The van der Waals surface area contributed by atoms with Gasteiger partial charge in [-0.15, -0.1) is 0 Å². The molecule has 2 nitrogen and oxygen atoms in total. The molecule has 2 N–H and O–H groups in total. The molecule has 26 heavy (non-hydrogen) atoms. The van der Waals surface area contributed by atoms with Crippen molar-refractivity contribution in [3.63, 3.8) is 0 Å². The molecular formula is C22H28Cl2N2. The van der Waals surface area contributed by atoms with Gasteiger partial charge in [-0.25, -0.2) is 0 Å². The predicted molar refractivity (Wildman–Crippen MR) is 112 cm³/mol. The zero-order valence-electron chi connectivity index (χ0n) is 15.4. The van der Waals surface area contributed by atoms with Crippen LogP contribution in [0.25, 0.3) is 0 Å². The maximum atomic E-state index is 6.51. The molecule has 1 aliphatic rings. The van der Waals surface area contributed by atoms with E-state index in [9.17, 15) is 0 Å². The highest BCUT2D eigenvalue weighted by Gasteiger charge is 2.26. The van der Waals surface area contributed by atoms with Gasteiger partial charge in [0.05, 0.1) is 10.0 Å². The second kappa shape index (κ2) is 9.23.